The molecule has 1 aliphatic rings. The fraction of sp³-hybridized carbons (Fsp3) is 0.304. The molecule has 0 saturated carbocycles. The molecule has 30 heavy (non-hydrogen) atoms. The van der Waals surface area contributed by atoms with Gasteiger partial charge >= 0.3 is 0 Å². The third-order valence-electron chi connectivity index (χ3n) is 5.51. The number of hydrogen-bond donors (Lipinski definition) is 2. The third-order valence-corrected chi connectivity index (χ3v) is 5.51. The van der Waals surface area contributed by atoms with E-state index in [-0.39, 0.29) is 17.7 Å². The van der Waals surface area contributed by atoms with Crippen LogP contribution in [0.1, 0.15) is 23.3 Å². The number of rotatable bonds is 5. The van der Waals surface area contributed by atoms with E-state index in [4.69, 9.17) is 9.47 Å². The Labute approximate surface area is 175 Å². The molecule has 0 radical (unpaired) electrons. The van der Waals surface area contributed by atoms with Crippen molar-refractivity contribution in [2.75, 3.05) is 32.6 Å². The maximum atomic E-state index is 13.0. The van der Waals surface area contributed by atoms with Crippen LogP contribution in [0.25, 0.3) is 10.9 Å². The van der Waals surface area contributed by atoms with Gasteiger partial charge in [-0.3, -0.25) is 9.59 Å². The first kappa shape index (κ1) is 19.8. The summed E-state index contributed by atoms with van der Waals surface area (Å²) in [5.41, 5.74) is 2.07. The van der Waals surface area contributed by atoms with Crippen LogP contribution in [-0.4, -0.2) is 49.0 Å². The number of anilines is 1. The minimum absolute atomic E-state index is 0.0780. The average molecular weight is 407 g/mol. The second kappa shape index (κ2) is 8.49. The molecule has 7 nitrogen and oxygen atoms in total. The van der Waals surface area contributed by atoms with Gasteiger partial charge in [-0.2, -0.15) is 0 Å². The number of ether oxygens (including phenoxy) is 2. The Morgan fingerprint density at radius 3 is 2.70 bits per heavy atom. The highest BCUT2D eigenvalue weighted by Crippen LogP contribution is 2.30. The van der Waals surface area contributed by atoms with Gasteiger partial charge in [0, 0.05) is 30.1 Å². The number of aromatic nitrogens is 1. The van der Waals surface area contributed by atoms with Gasteiger partial charge in [0.2, 0.25) is 5.91 Å². The fourth-order valence-electron chi connectivity index (χ4n) is 3.87. The average Bonchev–Trinajstić information content (AvgIpc) is 3.23. The Morgan fingerprint density at radius 2 is 1.93 bits per heavy atom. The summed E-state index contributed by atoms with van der Waals surface area (Å²) in [6.07, 6.45) is 1.52. The molecule has 1 atom stereocenters. The monoisotopic (exact) mass is 407 g/mol. The van der Waals surface area contributed by atoms with Crippen LogP contribution in [0.4, 0.5) is 5.69 Å². The zero-order valence-electron chi connectivity index (χ0n) is 17.1. The summed E-state index contributed by atoms with van der Waals surface area (Å²) < 4.78 is 10.6. The maximum absolute atomic E-state index is 13.0. The third kappa shape index (κ3) is 3.96. The van der Waals surface area contributed by atoms with Crippen LogP contribution in [-0.2, 0) is 4.79 Å². The van der Waals surface area contributed by atoms with E-state index >= 15 is 0 Å². The highest BCUT2D eigenvalue weighted by molar-refractivity contribution is 5.99. The number of nitrogens with one attached hydrogen (secondary N) is 2. The molecule has 7 heteroatoms. The topological polar surface area (TPSA) is 83.7 Å². The Morgan fingerprint density at radius 1 is 1.10 bits per heavy atom. The summed E-state index contributed by atoms with van der Waals surface area (Å²) in [7, 11) is 3.12. The lowest BCUT2D eigenvalue weighted by Gasteiger charge is -2.32. The highest BCUT2D eigenvalue weighted by Gasteiger charge is 2.30. The minimum atomic E-state index is -0.279. The number of methoxy groups -OCH3 is 2. The number of fused-ring (bicyclic) bond motifs is 1. The number of hydrogen-bond acceptors (Lipinski definition) is 4. The Hall–Kier alpha value is -3.48. The first-order valence-corrected chi connectivity index (χ1v) is 9.99. The number of likely N-dealkylation sites (tertiary alicyclic amines) is 1. The molecule has 1 unspecified atom stereocenters. The number of benzene rings is 2. The number of aromatic amines is 1. The van der Waals surface area contributed by atoms with Crippen molar-refractivity contribution >= 4 is 28.4 Å². The zero-order valence-corrected chi connectivity index (χ0v) is 17.1. The Balaban J connectivity index is 1.45. The molecular formula is C23H25N3O4. The number of nitrogens with zero attached hydrogens (tertiary/aromatic N) is 1. The molecule has 156 valence electrons. The largest absolute Gasteiger partial charge is 0.497 e. The molecule has 2 heterocycles. The molecule has 1 aromatic heterocycles. The van der Waals surface area contributed by atoms with Gasteiger partial charge in [0.15, 0.2) is 0 Å². The summed E-state index contributed by atoms with van der Waals surface area (Å²) in [6, 6.07) is 14.9. The fourth-order valence-corrected chi connectivity index (χ4v) is 3.87. The number of piperidine rings is 1. The van der Waals surface area contributed by atoms with Gasteiger partial charge in [-0.25, -0.2) is 0 Å². The SMILES string of the molecule is COc1ccc(NC(=O)C2CCCN(C(=O)c3cc4ccccc4[nH]3)C2)c(OC)c1. The minimum Gasteiger partial charge on any atom is -0.497 e. The van der Waals surface area contributed by atoms with Gasteiger partial charge < -0.3 is 24.7 Å². The van der Waals surface area contributed by atoms with Crippen molar-refractivity contribution in [1.29, 1.82) is 0 Å². The van der Waals surface area contributed by atoms with Gasteiger partial charge in [0.05, 0.1) is 25.8 Å². The van der Waals surface area contributed by atoms with E-state index in [1.807, 2.05) is 30.3 Å². The molecule has 0 aliphatic carbocycles. The summed E-state index contributed by atoms with van der Waals surface area (Å²) in [5.74, 6) is 0.708. The molecule has 1 saturated heterocycles. The number of H-pyrrole nitrogens is 1. The predicted molar refractivity (Wildman–Crippen MR) is 115 cm³/mol. The molecule has 4 rings (SSSR count). The second-order valence-electron chi connectivity index (χ2n) is 7.42. The van der Waals surface area contributed by atoms with Crippen LogP contribution >= 0.6 is 0 Å². The van der Waals surface area contributed by atoms with Crippen LogP contribution < -0.4 is 14.8 Å². The van der Waals surface area contributed by atoms with E-state index in [1.54, 1.807) is 37.3 Å². The van der Waals surface area contributed by atoms with E-state index in [2.05, 4.69) is 10.3 Å². The van der Waals surface area contributed by atoms with Gasteiger partial charge in [-0.05, 0) is 37.1 Å². The molecular weight excluding hydrogens is 382 g/mol. The maximum Gasteiger partial charge on any atom is 0.270 e. The lowest BCUT2D eigenvalue weighted by Crippen LogP contribution is -2.43. The van der Waals surface area contributed by atoms with E-state index in [9.17, 15) is 9.59 Å². The number of carbonyl (C=O) groups is 2. The molecule has 2 N–H and O–H groups in total. The quantitative estimate of drug-likeness (QED) is 0.676. The van der Waals surface area contributed by atoms with Crippen LogP contribution in [0.15, 0.2) is 48.5 Å². The van der Waals surface area contributed by atoms with Crippen LogP contribution in [0.3, 0.4) is 0 Å². The van der Waals surface area contributed by atoms with Crippen LogP contribution in [0, 0.1) is 5.92 Å². The molecule has 2 amide bonds. The van der Waals surface area contributed by atoms with Crippen molar-refractivity contribution in [2.24, 2.45) is 5.92 Å². The van der Waals surface area contributed by atoms with Gasteiger partial charge in [0.1, 0.15) is 17.2 Å². The standard InChI is InChI=1S/C23H25N3O4/c1-29-17-9-10-19(21(13-17)30-2)25-22(27)16-7-5-11-26(14-16)23(28)20-12-15-6-3-4-8-18(15)24-20/h3-4,6,8-10,12-13,16,24H,5,7,11,14H2,1-2H3,(H,25,27). The summed E-state index contributed by atoms with van der Waals surface area (Å²) in [5, 5.41) is 3.94. The van der Waals surface area contributed by atoms with E-state index in [0.717, 1.165) is 23.7 Å². The van der Waals surface area contributed by atoms with Crippen molar-refractivity contribution in [2.45, 2.75) is 12.8 Å². The smallest absolute Gasteiger partial charge is 0.270 e. The van der Waals surface area contributed by atoms with Gasteiger partial charge in [-0.15, -0.1) is 0 Å². The second-order valence-corrected chi connectivity index (χ2v) is 7.42. The lowest BCUT2D eigenvalue weighted by atomic mass is 9.96. The van der Waals surface area contributed by atoms with Crippen molar-refractivity contribution < 1.29 is 19.1 Å². The molecule has 0 bridgehead atoms. The molecule has 1 fully saturated rings. The molecule has 2 aromatic carbocycles. The summed E-state index contributed by atoms with van der Waals surface area (Å²) in [6.45, 7) is 1.03. The Bertz CT molecular complexity index is 1040. The number of amides is 2. The van der Waals surface area contributed by atoms with Crippen LogP contribution in [0.5, 0.6) is 11.5 Å². The van der Waals surface area contributed by atoms with E-state index in [1.165, 1.54) is 0 Å². The van der Waals surface area contributed by atoms with E-state index < -0.39 is 0 Å². The van der Waals surface area contributed by atoms with Gasteiger partial charge in [0.25, 0.3) is 5.91 Å². The van der Waals surface area contributed by atoms with Gasteiger partial charge in [-0.1, -0.05) is 18.2 Å². The predicted octanol–water partition coefficient (Wildman–Crippen LogP) is 3.68. The molecule has 1 aliphatic heterocycles. The highest BCUT2D eigenvalue weighted by atomic mass is 16.5. The zero-order chi connectivity index (χ0) is 21.1. The first-order valence-electron chi connectivity index (χ1n) is 9.99. The summed E-state index contributed by atoms with van der Waals surface area (Å²) in [4.78, 5) is 30.8. The van der Waals surface area contributed by atoms with Crippen LogP contribution in [0.2, 0.25) is 0 Å². The van der Waals surface area contributed by atoms with Crippen molar-refractivity contribution in [1.82, 2.24) is 9.88 Å². The van der Waals surface area contributed by atoms with Crippen molar-refractivity contribution in [3.63, 3.8) is 0 Å². The van der Waals surface area contributed by atoms with E-state index in [0.29, 0.717) is 36.0 Å². The summed E-state index contributed by atoms with van der Waals surface area (Å²) >= 11 is 0. The molecule has 3 aromatic rings. The Kier molecular flexibility index (Phi) is 5.61. The normalized spacial score (nSPS) is 16.3. The lowest BCUT2D eigenvalue weighted by molar-refractivity contribution is -0.121. The number of para-hydroxylation sites is 1. The first-order chi connectivity index (χ1) is 14.6. The number of carbonyl (C=O) groups excluding carboxylic acids is 2. The molecule has 0 spiro atoms. The van der Waals surface area contributed by atoms with Crippen molar-refractivity contribution in [3.05, 3.63) is 54.2 Å². The van der Waals surface area contributed by atoms with Crippen molar-refractivity contribution in [3.8, 4) is 11.5 Å².